The number of amides is 2. The van der Waals surface area contributed by atoms with Gasteiger partial charge >= 0.3 is 18.2 Å². The van der Waals surface area contributed by atoms with Gasteiger partial charge in [0.25, 0.3) is 0 Å². The van der Waals surface area contributed by atoms with Crippen molar-refractivity contribution in [2.75, 3.05) is 6.54 Å². The Balaban J connectivity index is 4.50. The number of alkyl carbamates (subject to hydrolysis) is 2. The summed E-state index contributed by atoms with van der Waals surface area (Å²) in [5, 5.41) is 13.5. The summed E-state index contributed by atoms with van der Waals surface area (Å²) >= 11 is 0. The summed E-state index contributed by atoms with van der Waals surface area (Å²) in [6.45, 7) is 10.8. The van der Waals surface area contributed by atoms with Gasteiger partial charge in [0.15, 0.2) is 0 Å². The van der Waals surface area contributed by atoms with Gasteiger partial charge in [0.2, 0.25) is 5.96 Å². The molecule has 2 amide bonds. The molecule has 0 aromatic carbocycles. The Morgan fingerprint density at radius 2 is 1.17 bits per heavy atom. The van der Waals surface area contributed by atoms with Crippen LogP contribution in [0.5, 0.6) is 0 Å². The summed E-state index contributed by atoms with van der Waals surface area (Å²) in [5.41, 5.74) is -1.36. The Kier molecular flexibility index (Phi) is 12.0. The molecule has 0 spiro atoms. The highest BCUT2D eigenvalue weighted by Crippen LogP contribution is 2.09. The average Bonchev–Trinajstić information content (AvgIpc) is 2.48. The number of rotatable bonds is 9. The highest BCUT2D eigenvalue weighted by molar-refractivity contribution is 6.01. The molecule has 0 aromatic rings. The first-order valence-corrected chi connectivity index (χ1v) is 10.0. The maximum Gasteiger partial charge on any atom is 0.414 e. The zero-order valence-corrected chi connectivity index (χ0v) is 18.6. The lowest BCUT2D eigenvalue weighted by Gasteiger charge is -2.22. The van der Waals surface area contributed by atoms with Crippen molar-refractivity contribution in [3.05, 3.63) is 0 Å². The number of hydrogen-bond donors (Lipinski definition) is 3. The Labute approximate surface area is 173 Å². The maximum absolute atomic E-state index is 12.0. The Hall–Kier alpha value is -2.32. The van der Waals surface area contributed by atoms with Gasteiger partial charge in [-0.1, -0.05) is 25.7 Å². The van der Waals surface area contributed by atoms with Crippen LogP contribution in [0.15, 0.2) is 4.99 Å². The Morgan fingerprint density at radius 3 is 1.59 bits per heavy atom. The lowest BCUT2D eigenvalue weighted by molar-refractivity contribution is -0.137. The minimum Gasteiger partial charge on any atom is -0.481 e. The van der Waals surface area contributed by atoms with Crippen LogP contribution in [-0.4, -0.2) is 47.0 Å². The van der Waals surface area contributed by atoms with E-state index >= 15 is 0 Å². The van der Waals surface area contributed by atoms with Crippen LogP contribution >= 0.6 is 0 Å². The van der Waals surface area contributed by atoms with Gasteiger partial charge in [-0.05, 0) is 54.4 Å². The molecule has 0 aromatic heterocycles. The molecule has 3 N–H and O–H groups in total. The molecule has 9 heteroatoms. The monoisotopic (exact) mass is 415 g/mol. The fourth-order valence-corrected chi connectivity index (χ4v) is 2.20. The van der Waals surface area contributed by atoms with Crippen molar-refractivity contribution in [2.24, 2.45) is 4.99 Å². The molecular formula is C20H37N3O6. The van der Waals surface area contributed by atoms with Gasteiger partial charge in [-0.25, -0.2) is 9.59 Å². The van der Waals surface area contributed by atoms with Gasteiger partial charge in [0.1, 0.15) is 11.2 Å². The first kappa shape index (κ1) is 26.7. The number of nitrogens with one attached hydrogen (secondary N) is 2. The molecule has 0 unspecified atom stereocenters. The third kappa shape index (κ3) is 18.8. The summed E-state index contributed by atoms with van der Waals surface area (Å²) in [6, 6.07) is 0. The summed E-state index contributed by atoms with van der Waals surface area (Å²) < 4.78 is 10.4. The van der Waals surface area contributed by atoms with E-state index in [1.807, 2.05) is 0 Å². The quantitative estimate of drug-likeness (QED) is 0.294. The second-order valence-corrected chi connectivity index (χ2v) is 8.75. The molecular weight excluding hydrogens is 378 g/mol. The standard InChI is InChI=1S/C20H37N3O6/c1-19(2,3)28-17(26)22-16(23-18(27)29-20(4,5)6)21-14-12-10-8-7-9-11-13-15(24)25/h7-14H2,1-6H3,(H,24,25)(H2,21,22,23,26,27). The van der Waals surface area contributed by atoms with E-state index in [9.17, 15) is 14.4 Å². The fraction of sp³-hybridized carbons (Fsp3) is 0.800. The van der Waals surface area contributed by atoms with Gasteiger partial charge in [0, 0.05) is 13.0 Å². The van der Waals surface area contributed by atoms with E-state index < -0.39 is 29.4 Å². The van der Waals surface area contributed by atoms with Crippen molar-refractivity contribution >= 4 is 24.1 Å². The first-order chi connectivity index (χ1) is 13.3. The normalized spacial score (nSPS) is 11.4. The van der Waals surface area contributed by atoms with Gasteiger partial charge in [-0.2, -0.15) is 0 Å². The number of guanidine groups is 1. The molecule has 0 fully saturated rings. The van der Waals surface area contributed by atoms with E-state index in [4.69, 9.17) is 14.6 Å². The van der Waals surface area contributed by atoms with Crippen LogP contribution in [0.25, 0.3) is 0 Å². The first-order valence-electron chi connectivity index (χ1n) is 10.0. The minimum atomic E-state index is -0.762. The fourth-order valence-electron chi connectivity index (χ4n) is 2.20. The van der Waals surface area contributed by atoms with Crippen molar-refractivity contribution in [1.82, 2.24) is 10.6 Å². The number of carbonyl (C=O) groups is 3. The van der Waals surface area contributed by atoms with Gasteiger partial charge in [0.05, 0.1) is 0 Å². The van der Waals surface area contributed by atoms with Crippen molar-refractivity contribution in [2.45, 2.75) is 97.7 Å². The van der Waals surface area contributed by atoms with Gasteiger partial charge < -0.3 is 14.6 Å². The van der Waals surface area contributed by atoms with Crippen molar-refractivity contribution in [3.8, 4) is 0 Å². The third-order valence-electron chi connectivity index (χ3n) is 3.31. The smallest absolute Gasteiger partial charge is 0.414 e. The number of unbranched alkanes of at least 4 members (excludes halogenated alkanes) is 5. The Morgan fingerprint density at radius 1 is 0.759 bits per heavy atom. The van der Waals surface area contributed by atoms with E-state index in [2.05, 4.69) is 15.6 Å². The molecule has 29 heavy (non-hydrogen) atoms. The summed E-state index contributed by atoms with van der Waals surface area (Å²) in [4.78, 5) is 38.6. The van der Waals surface area contributed by atoms with Crippen molar-refractivity contribution < 1.29 is 29.0 Å². The van der Waals surface area contributed by atoms with Crippen LogP contribution < -0.4 is 10.6 Å². The van der Waals surface area contributed by atoms with E-state index in [1.165, 1.54) is 0 Å². The van der Waals surface area contributed by atoms with E-state index in [0.717, 1.165) is 32.1 Å². The highest BCUT2D eigenvalue weighted by Gasteiger charge is 2.21. The zero-order chi connectivity index (χ0) is 22.5. The molecule has 0 aliphatic heterocycles. The number of aliphatic imine (C=N–C) groups is 1. The molecule has 0 atom stereocenters. The van der Waals surface area contributed by atoms with E-state index in [-0.39, 0.29) is 12.4 Å². The predicted octanol–water partition coefficient (Wildman–Crippen LogP) is 4.21. The second-order valence-electron chi connectivity index (χ2n) is 8.75. The van der Waals surface area contributed by atoms with Crippen molar-refractivity contribution in [1.29, 1.82) is 0 Å². The predicted molar refractivity (Wildman–Crippen MR) is 111 cm³/mol. The summed E-state index contributed by atoms with van der Waals surface area (Å²) in [7, 11) is 0. The molecule has 0 heterocycles. The van der Waals surface area contributed by atoms with E-state index in [1.54, 1.807) is 41.5 Å². The Bertz CT molecular complexity index is 530. The molecule has 0 saturated heterocycles. The molecule has 0 saturated carbocycles. The summed E-state index contributed by atoms with van der Waals surface area (Å²) in [5.74, 6) is -0.781. The minimum absolute atomic E-state index is 0.0186. The second kappa shape index (κ2) is 13.0. The lowest BCUT2D eigenvalue weighted by atomic mass is 10.1. The van der Waals surface area contributed by atoms with Crippen LogP contribution in [0, 0.1) is 0 Å². The maximum atomic E-state index is 12.0. The SMILES string of the molecule is CC(C)(C)OC(=O)NC(=NCCCCCCCCC(=O)O)NC(=O)OC(C)(C)C. The van der Waals surface area contributed by atoms with Crippen LogP contribution in [-0.2, 0) is 14.3 Å². The molecule has 0 bridgehead atoms. The van der Waals surface area contributed by atoms with Crippen LogP contribution in [0.3, 0.4) is 0 Å². The highest BCUT2D eigenvalue weighted by atomic mass is 16.6. The summed E-state index contributed by atoms with van der Waals surface area (Å²) in [6.07, 6.45) is 3.99. The van der Waals surface area contributed by atoms with Crippen LogP contribution in [0.1, 0.15) is 86.5 Å². The number of aliphatic carboxylic acids is 1. The largest absolute Gasteiger partial charge is 0.481 e. The van der Waals surface area contributed by atoms with E-state index in [0.29, 0.717) is 13.0 Å². The lowest BCUT2D eigenvalue weighted by Crippen LogP contribution is -2.47. The number of ether oxygens (including phenoxy) is 2. The molecule has 168 valence electrons. The number of carboxylic acids is 1. The van der Waals surface area contributed by atoms with Crippen LogP contribution in [0.4, 0.5) is 9.59 Å². The number of nitrogens with zero attached hydrogens (tertiary/aromatic N) is 1. The van der Waals surface area contributed by atoms with Crippen molar-refractivity contribution in [3.63, 3.8) is 0 Å². The number of carboxylic acid groups (broad SMARTS) is 1. The number of carbonyl (C=O) groups excluding carboxylic acids is 2. The third-order valence-corrected chi connectivity index (χ3v) is 3.31. The zero-order valence-electron chi connectivity index (χ0n) is 18.6. The topological polar surface area (TPSA) is 126 Å². The molecule has 0 aliphatic rings. The van der Waals surface area contributed by atoms with Gasteiger partial charge in [-0.15, -0.1) is 0 Å². The van der Waals surface area contributed by atoms with Gasteiger partial charge in [-0.3, -0.25) is 20.4 Å². The molecule has 0 aliphatic carbocycles. The average molecular weight is 416 g/mol. The molecule has 0 rings (SSSR count). The number of hydrogen-bond acceptors (Lipinski definition) is 6. The van der Waals surface area contributed by atoms with Crippen LogP contribution in [0.2, 0.25) is 0 Å². The molecule has 0 radical (unpaired) electrons. The molecule has 9 nitrogen and oxygen atoms in total.